The molecule has 0 unspecified atom stereocenters. The summed E-state index contributed by atoms with van der Waals surface area (Å²) in [6.07, 6.45) is 1.11. The van der Waals surface area contributed by atoms with Gasteiger partial charge < -0.3 is 0 Å². The molecule has 9 heavy (non-hydrogen) atoms. The van der Waals surface area contributed by atoms with Crippen LogP contribution in [0.1, 0.15) is 5.69 Å². The Morgan fingerprint density at radius 1 is 1.67 bits per heavy atom. The molecule has 0 amide bonds. The van der Waals surface area contributed by atoms with Crippen molar-refractivity contribution >= 4 is 11.6 Å². The number of hydrogen-bond donors (Lipinski definition) is 0. The molecule has 0 spiro atoms. The molecule has 0 aliphatic carbocycles. The Bertz CT molecular complexity index is 224. The van der Waals surface area contributed by atoms with Gasteiger partial charge in [0.15, 0.2) is 5.82 Å². The molecule has 0 radical (unpaired) electrons. The Morgan fingerprint density at radius 3 is 2.78 bits per heavy atom. The van der Waals surface area contributed by atoms with Gasteiger partial charge in [-0.1, -0.05) is 11.6 Å². The minimum atomic E-state index is -0.470. The predicted octanol–water partition coefficient (Wildman–Crippen LogP) is 2.18. The third kappa shape index (κ3) is 1.39. The third-order valence-corrected chi connectivity index (χ3v) is 1.23. The second-order valence-corrected chi connectivity index (χ2v) is 2.15. The van der Waals surface area contributed by atoms with Crippen molar-refractivity contribution in [3.8, 4) is 0 Å². The SMILES string of the molecule is Cc1cc(Cl)c(F)cn1. The van der Waals surface area contributed by atoms with Crippen molar-refractivity contribution < 1.29 is 4.39 Å². The van der Waals surface area contributed by atoms with E-state index < -0.39 is 5.82 Å². The number of rotatable bonds is 0. The second kappa shape index (κ2) is 2.31. The molecule has 0 aromatic carbocycles. The fourth-order valence-electron chi connectivity index (χ4n) is 0.510. The van der Waals surface area contributed by atoms with Crippen LogP contribution in [0.5, 0.6) is 0 Å². The number of pyridine rings is 1. The number of nitrogens with zero attached hydrogens (tertiary/aromatic N) is 1. The minimum Gasteiger partial charge on any atom is -0.258 e. The average molecular weight is 146 g/mol. The lowest BCUT2D eigenvalue weighted by Crippen LogP contribution is -1.82. The van der Waals surface area contributed by atoms with Crippen molar-refractivity contribution in [3.05, 3.63) is 28.8 Å². The highest BCUT2D eigenvalue weighted by Gasteiger charge is 1.96. The predicted molar refractivity (Wildman–Crippen MR) is 33.9 cm³/mol. The first-order valence-corrected chi connectivity index (χ1v) is 2.85. The zero-order valence-corrected chi connectivity index (χ0v) is 5.61. The Balaban J connectivity index is 3.17. The molecular weight excluding hydrogens is 141 g/mol. The normalized spacial score (nSPS) is 9.67. The van der Waals surface area contributed by atoms with Gasteiger partial charge in [0, 0.05) is 5.69 Å². The fraction of sp³-hybridized carbons (Fsp3) is 0.167. The van der Waals surface area contributed by atoms with Crippen LogP contribution >= 0.6 is 11.6 Å². The second-order valence-electron chi connectivity index (χ2n) is 1.74. The van der Waals surface area contributed by atoms with Crippen LogP contribution < -0.4 is 0 Å². The largest absolute Gasteiger partial charge is 0.258 e. The van der Waals surface area contributed by atoms with Gasteiger partial charge in [0.05, 0.1) is 11.2 Å². The molecule has 0 aliphatic rings. The lowest BCUT2D eigenvalue weighted by atomic mass is 10.4. The first-order valence-electron chi connectivity index (χ1n) is 2.48. The van der Waals surface area contributed by atoms with Crippen LogP contribution in [0.2, 0.25) is 5.02 Å². The van der Waals surface area contributed by atoms with E-state index in [0.717, 1.165) is 11.9 Å². The smallest absolute Gasteiger partial charge is 0.160 e. The van der Waals surface area contributed by atoms with Crippen LogP contribution in [-0.4, -0.2) is 4.98 Å². The molecule has 0 N–H and O–H groups in total. The van der Waals surface area contributed by atoms with Crippen molar-refractivity contribution in [2.24, 2.45) is 0 Å². The maximum atomic E-state index is 12.3. The lowest BCUT2D eigenvalue weighted by molar-refractivity contribution is 0.620. The van der Waals surface area contributed by atoms with E-state index >= 15 is 0 Å². The van der Waals surface area contributed by atoms with Gasteiger partial charge in [-0.15, -0.1) is 0 Å². The summed E-state index contributed by atoms with van der Waals surface area (Å²) < 4.78 is 12.3. The summed E-state index contributed by atoms with van der Waals surface area (Å²) in [5.41, 5.74) is 0.724. The fourth-order valence-corrected chi connectivity index (χ4v) is 0.716. The van der Waals surface area contributed by atoms with Crippen molar-refractivity contribution in [3.63, 3.8) is 0 Å². The van der Waals surface area contributed by atoms with Crippen LogP contribution in [0.4, 0.5) is 4.39 Å². The molecule has 0 atom stereocenters. The van der Waals surface area contributed by atoms with Crippen LogP contribution in [0.25, 0.3) is 0 Å². The van der Waals surface area contributed by atoms with E-state index in [4.69, 9.17) is 11.6 Å². The molecule has 1 aromatic heterocycles. The third-order valence-electron chi connectivity index (χ3n) is 0.945. The number of halogens is 2. The monoisotopic (exact) mass is 145 g/mol. The van der Waals surface area contributed by atoms with E-state index in [2.05, 4.69) is 4.98 Å². The molecule has 1 rings (SSSR count). The van der Waals surface area contributed by atoms with E-state index in [9.17, 15) is 4.39 Å². The lowest BCUT2D eigenvalue weighted by Gasteiger charge is -1.92. The molecular formula is C6H5ClFN. The molecule has 0 fully saturated rings. The minimum absolute atomic E-state index is 0.127. The summed E-state index contributed by atoms with van der Waals surface area (Å²) in [5.74, 6) is -0.470. The van der Waals surface area contributed by atoms with E-state index in [-0.39, 0.29) is 5.02 Å². The molecule has 3 heteroatoms. The quantitative estimate of drug-likeness (QED) is 0.545. The van der Waals surface area contributed by atoms with E-state index in [1.54, 1.807) is 6.92 Å². The molecule has 0 saturated heterocycles. The first-order chi connectivity index (χ1) is 4.20. The van der Waals surface area contributed by atoms with Crippen LogP contribution in [0.15, 0.2) is 12.3 Å². The highest BCUT2D eigenvalue weighted by Crippen LogP contribution is 2.12. The summed E-state index contributed by atoms with van der Waals surface area (Å²) in [5, 5.41) is 0.127. The molecule has 0 bridgehead atoms. The number of hydrogen-bond acceptors (Lipinski definition) is 1. The highest BCUT2D eigenvalue weighted by atomic mass is 35.5. The molecule has 1 aromatic rings. The van der Waals surface area contributed by atoms with Gasteiger partial charge in [-0.3, -0.25) is 4.98 Å². The summed E-state index contributed by atoms with van der Waals surface area (Å²) in [6, 6.07) is 1.48. The van der Waals surface area contributed by atoms with E-state index in [1.807, 2.05) is 0 Å². The first kappa shape index (κ1) is 6.49. The zero-order chi connectivity index (χ0) is 6.85. The van der Waals surface area contributed by atoms with Crippen molar-refractivity contribution in [1.29, 1.82) is 0 Å². The van der Waals surface area contributed by atoms with Gasteiger partial charge in [-0.2, -0.15) is 0 Å². The van der Waals surface area contributed by atoms with Gasteiger partial charge in [0.25, 0.3) is 0 Å². The van der Waals surface area contributed by atoms with E-state index in [1.165, 1.54) is 6.07 Å². The Morgan fingerprint density at radius 2 is 2.33 bits per heavy atom. The van der Waals surface area contributed by atoms with Crippen molar-refractivity contribution in [2.45, 2.75) is 6.92 Å². The summed E-state index contributed by atoms with van der Waals surface area (Å²) in [7, 11) is 0. The molecule has 0 aliphatic heterocycles. The van der Waals surface area contributed by atoms with Gasteiger partial charge >= 0.3 is 0 Å². The Hall–Kier alpha value is -0.630. The Kier molecular flexibility index (Phi) is 1.67. The van der Waals surface area contributed by atoms with Gasteiger partial charge in [-0.05, 0) is 13.0 Å². The molecule has 48 valence electrons. The maximum Gasteiger partial charge on any atom is 0.160 e. The summed E-state index contributed by atoms with van der Waals surface area (Å²) >= 11 is 5.40. The molecule has 1 nitrogen and oxygen atoms in total. The van der Waals surface area contributed by atoms with Crippen LogP contribution in [-0.2, 0) is 0 Å². The number of aromatic nitrogens is 1. The standard InChI is InChI=1S/C6H5ClFN/c1-4-2-5(7)6(8)3-9-4/h2-3H,1H3. The van der Waals surface area contributed by atoms with E-state index in [0.29, 0.717) is 0 Å². The van der Waals surface area contributed by atoms with Crippen molar-refractivity contribution in [1.82, 2.24) is 4.98 Å². The van der Waals surface area contributed by atoms with Crippen LogP contribution in [0.3, 0.4) is 0 Å². The Labute approximate surface area is 57.5 Å². The topological polar surface area (TPSA) is 12.9 Å². The van der Waals surface area contributed by atoms with Crippen molar-refractivity contribution in [2.75, 3.05) is 0 Å². The van der Waals surface area contributed by atoms with Gasteiger partial charge in [0.1, 0.15) is 0 Å². The van der Waals surface area contributed by atoms with Gasteiger partial charge in [0.2, 0.25) is 0 Å². The number of aryl methyl sites for hydroxylation is 1. The molecule has 0 saturated carbocycles. The zero-order valence-electron chi connectivity index (χ0n) is 4.86. The summed E-state index contributed by atoms with van der Waals surface area (Å²) in [4.78, 5) is 3.68. The van der Waals surface area contributed by atoms with Crippen LogP contribution in [0, 0.1) is 12.7 Å². The van der Waals surface area contributed by atoms with Gasteiger partial charge in [-0.25, -0.2) is 4.39 Å². The average Bonchev–Trinajstić information content (AvgIpc) is 1.80. The maximum absolute atomic E-state index is 12.3. The highest BCUT2D eigenvalue weighted by molar-refractivity contribution is 6.30. The summed E-state index contributed by atoms with van der Waals surface area (Å²) in [6.45, 7) is 1.76. The molecule has 1 heterocycles.